The summed E-state index contributed by atoms with van der Waals surface area (Å²) in [7, 11) is -5.33. The molecule has 0 spiro atoms. The van der Waals surface area contributed by atoms with Crippen molar-refractivity contribution >= 4 is 25.5 Å². The van der Waals surface area contributed by atoms with E-state index in [0.29, 0.717) is 0 Å². The second kappa shape index (κ2) is 44.5. The van der Waals surface area contributed by atoms with Gasteiger partial charge in [-0.1, -0.05) is 0 Å². The van der Waals surface area contributed by atoms with E-state index < -0.39 is 398 Å². The Labute approximate surface area is 699 Å². The van der Waals surface area contributed by atoms with Gasteiger partial charge in [-0.2, -0.15) is 0 Å². The fraction of sp³-hybridized carbons (Fsp3) is 0.955. The van der Waals surface area contributed by atoms with Gasteiger partial charge in [0.05, 0.1) is 66.1 Å². The van der Waals surface area contributed by atoms with E-state index in [1.807, 2.05) is 0 Å². The SMILES string of the molecule is CC(=O)N[C@@H]1[C@@H](O)[C@H](O[C@@H]2O[C@H](CO)[C@@H](O[C@@H]3O[C@H](CO[C@H]4O[C@H](CO[C@H]5O[C@H](CO)[C@@H](O)[C@H](O)[C@@H]5O[C@H]5O[C@H](COP(=O)(O)O)[C@@H](O)[C@H](O)[C@@H]5O)[C@@H](O)[C@H](O[C@H]5O[C@H](CO)[C@@H](O)[C@H](O)[C@@H]5O)[C@@H]4O)[C@@H](O)[C@H](O[C@H]4O[C@H](CO)[C@@H](O)[C@H](O)[C@@H]4O[C@@H]4O[C@H](CO)[C@@H](O[C@@H]5O[C@H](CO)[C@H](O)[C@H](O)[C@H]5O)[C@H](O)[C@H]4NC(C)=O)[C@@H]3O)[C@H](O)[C@H]2NC(C)=O)[C@@H](CO)O[C@H]1O. The fourth-order valence-corrected chi connectivity index (χ4v) is 15.9. The van der Waals surface area contributed by atoms with Crippen LogP contribution in [-0.4, -0.2) is 543 Å². The van der Waals surface area contributed by atoms with Gasteiger partial charge in [0.25, 0.3) is 0 Å². The van der Waals surface area contributed by atoms with Crippen molar-refractivity contribution in [1.82, 2.24) is 16.0 Å². The molecule has 0 saturated carbocycles. The topological polar surface area (TPSA) is 896 Å². The van der Waals surface area contributed by atoms with Gasteiger partial charge >= 0.3 is 7.82 Å². The number of ether oxygens (including phenoxy) is 19. The van der Waals surface area contributed by atoms with E-state index in [0.717, 1.165) is 20.8 Å². The van der Waals surface area contributed by atoms with Crippen molar-refractivity contribution in [2.75, 3.05) is 66.1 Å². The summed E-state index contributed by atoms with van der Waals surface area (Å²) in [6.07, 6.45) is -103. The maximum Gasteiger partial charge on any atom is 0.469 e. The predicted molar refractivity (Wildman–Crippen MR) is 375 cm³/mol. The number of amides is 3. The summed E-state index contributed by atoms with van der Waals surface area (Å²) in [5, 5.41) is 320. The number of phosphoric ester groups is 1. The molecule has 10 rings (SSSR count). The molecule has 33 N–H and O–H groups in total. The zero-order valence-electron chi connectivity index (χ0n) is 65.6. The first kappa shape index (κ1) is 103. The number of nitrogens with one attached hydrogen (secondary N) is 3. The average Bonchev–Trinajstić information content (AvgIpc) is 0.760. The van der Waals surface area contributed by atoms with Crippen LogP contribution >= 0.6 is 7.82 Å². The zero-order chi connectivity index (χ0) is 91.4. The molecule has 57 nitrogen and oxygen atoms in total. The molecule has 10 saturated heterocycles. The first-order chi connectivity index (χ1) is 58.5. The van der Waals surface area contributed by atoms with Crippen molar-refractivity contribution in [3.63, 3.8) is 0 Å². The number of phosphoric acid groups is 1. The molecule has 0 unspecified atom stereocenters. The molecule has 10 fully saturated rings. The first-order valence-electron chi connectivity index (χ1n) is 38.9. The van der Waals surface area contributed by atoms with Gasteiger partial charge in [0.2, 0.25) is 17.7 Å². The summed E-state index contributed by atoms with van der Waals surface area (Å²) in [5.74, 6) is -2.79. The van der Waals surface area contributed by atoms with Crippen LogP contribution in [0.15, 0.2) is 0 Å². The van der Waals surface area contributed by atoms with Crippen LogP contribution in [0.5, 0.6) is 0 Å². The van der Waals surface area contributed by atoms with Crippen LogP contribution in [0.25, 0.3) is 0 Å². The summed E-state index contributed by atoms with van der Waals surface area (Å²) in [4.78, 5) is 57.0. The van der Waals surface area contributed by atoms with Gasteiger partial charge in [0.15, 0.2) is 62.9 Å². The van der Waals surface area contributed by atoms with E-state index in [2.05, 4.69) is 20.5 Å². The van der Waals surface area contributed by atoms with Crippen LogP contribution in [-0.2, 0) is 113 Å². The molecule has 10 aliphatic heterocycles. The van der Waals surface area contributed by atoms with Gasteiger partial charge in [-0.25, -0.2) is 4.57 Å². The van der Waals surface area contributed by atoms with Crippen molar-refractivity contribution in [1.29, 1.82) is 0 Å². The predicted octanol–water partition coefficient (Wildman–Crippen LogP) is -22.3. The van der Waals surface area contributed by atoms with E-state index in [-0.39, 0.29) is 0 Å². The summed E-state index contributed by atoms with van der Waals surface area (Å²) >= 11 is 0. The van der Waals surface area contributed by atoms with Crippen LogP contribution in [0, 0.1) is 0 Å². The second-order valence-corrected chi connectivity index (χ2v) is 32.1. The summed E-state index contributed by atoms with van der Waals surface area (Å²) in [6.45, 7) is -8.81. The zero-order valence-corrected chi connectivity index (χ0v) is 66.5. The normalized spacial score (nSPS) is 49.3. The second-order valence-electron chi connectivity index (χ2n) is 30.9. The van der Waals surface area contributed by atoms with Crippen molar-refractivity contribution in [2.24, 2.45) is 0 Å². The highest BCUT2D eigenvalue weighted by atomic mass is 31.2. The molecular weight excluding hydrogens is 1730 g/mol. The Morgan fingerprint density at radius 2 is 0.508 bits per heavy atom. The third-order valence-corrected chi connectivity index (χ3v) is 22.8. The minimum Gasteiger partial charge on any atom is -0.394 e. The number of hydrogen-bond acceptors (Lipinski definition) is 52. The molecule has 10 aliphatic rings. The molecule has 0 radical (unpaired) electrons. The first-order valence-corrected chi connectivity index (χ1v) is 40.4. The highest BCUT2D eigenvalue weighted by Gasteiger charge is 2.62. The van der Waals surface area contributed by atoms with Crippen molar-refractivity contribution in [3.05, 3.63) is 0 Å². The highest BCUT2D eigenvalue weighted by molar-refractivity contribution is 7.46. The van der Waals surface area contributed by atoms with Crippen molar-refractivity contribution in [3.8, 4) is 0 Å². The van der Waals surface area contributed by atoms with Gasteiger partial charge in [-0.15, -0.1) is 0 Å². The maximum absolute atomic E-state index is 13.1. The maximum atomic E-state index is 13.1. The number of carbonyl (C=O) groups excluding carboxylic acids is 3. The molecule has 0 aromatic rings. The molecule has 720 valence electrons. The van der Waals surface area contributed by atoms with Crippen molar-refractivity contribution < 1.29 is 266 Å². The lowest BCUT2D eigenvalue weighted by Gasteiger charge is -2.51. The van der Waals surface area contributed by atoms with E-state index >= 15 is 0 Å². The summed E-state index contributed by atoms with van der Waals surface area (Å²) in [5.41, 5.74) is 0. The number of aliphatic hydroxyl groups excluding tert-OH is 28. The van der Waals surface area contributed by atoms with Crippen LogP contribution in [0.4, 0.5) is 0 Å². The Kier molecular flexibility index (Phi) is 36.8. The standard InChI is InChI=1S/C66H112N3O54P/c1-14(77)67-27-37(87)50(21(8-74)107-57(27)100)117-58-28(68-15(2)78)38(88)52(23(10-76)112-58)119-64-49(99)54(121-66-56(44(94)33(83)20(7-73)111-66)122-59-29(69-16(3)79)39(89)51(22(9-75)113-59)118-61-45(95)40(90)30(80)17(4-70)108-61)36(86)25(115-64)11-104-60-48(98)53(120-62-46(96)41(91)31(81)18(5-71)109-62)35(85)24(114-60)12-105-65-55(43(93)32(82)19(6-72)110-65)123-63-47(97)42(92)34(84)26(116-63)13-106-124(101,102)103/h17-66,70-76,80-100H,4-13H2,1-3H3,(H,67,77)(H,68,78)(H,69,79)(H2,101,102,103)/t17-,18-,19-,20-,21-,22-,23-,24-,25-,26-,27-,28-,29-,30+,31-,32-,33-,34-,35-,36-,37-,38-,39-,40+,41+,42+,43+,44+,45-,46+,47+,48+,49+,50-,51-,52-,53+,54+,55+,56+,57-,58+,59+,60+,61+,62-,63-,64+,65+,66-/m1/s1. The third-order valence-electron chi connectivity index (χ3n) is 22.3. The Morgan fingerprint density at radius 1 is 0.250 bits per heavy atom. The average molecular weight is 1840 g/mol. The highest BCUT2D eigenvalue weighted by Crippen LogP contribution is 2.42. The quantitative estimate of drug-likeness (QED) is 0.0271. The van der Waals surface area contributed by atoms with Gasteiger partial charge in [0.1, 0.15) is 244 Å². The smallest absolute Gasteiger partial charge is 0.394 e. The van der Waals surface area contributed by atoms with Crippen LogP contribution in [0.3, 0.4) is 0 Å². The van der Waals surface area contributed by atoms with Gasteiger partial charge < -0.3 is 259 Å². The van der Waals surface area contributed by atoms with Crippen LogP contribution in [0.1, 0.15) is 20.8 Å². The molecule has 0 aromatic heterocycles. The number of aliphatic hydroxyl groups is 28. The molecule has 3 amide bonds. The van der Waals surface area contributed by atoms with Gasteiger partial charge in [-0.3, -0.25) is 18.9 Å². The lowest BCUT2D eigenvalue weighted by Crippen LogP contribution is -2.71. The Morgan fingerprint density at radius 3 is 0.903 bits per heavy atom. The van der Waals surface area contributed by atoms with Gasteiger partial charge in [0, 0.05) is 20.8 Å². The lowest BCUT2D eigenvalue weighted by atomic mass is 9.93. The molecule has 50 atom stereocenters. The van der Waals surface area contributed by atoms with E-state index in [9.17, 15) is 172 Å². The largest absolute Gasteiger partial charge is 0.469 e. The van der Waals surface area contributed by atoms with Crippen molar-refractivity contribution in [2.45, 2.75) is 328 Å². The van der Waals surface area contributed by atoms with E-state index in [1.165, 1.54) is 0 Å². The van der Waals surface area contributed by atoms with Crippen LogP contribution in [0.2, 0.25) is 0 Å². The third kappa shape index (κ3) is 23.1. The number of hydrogen-bond donors (Lipinski definition) is 33. The van der Waals surface area contributed by atoms with Gasteiger partial charge in [-0.05, 0) is 0 Å². The summed E-state index contributed by atoms with van der Waals surface area (Å²) in [6, 6.07) is -5.67. The Balaban J connectivity index is 0.993. The molecule has 0 bridgehead atoms. The molecule has 0 aromatic carbocycles. The fourth-order valence-electron chi connectivity index (χ4n) is 15.6. The number of rotatable bonds is 33. The molecule has 124 heavy (non-hydrogen) atoms. The van der Waals surface area contributed by atoms with E-state index in [1.54, 1.807) is 0 Å². The Hall–Kier alpha value is -3.36. The van der Waals surface area contributed by atoms with Crippen LogP contribution < -0.4 is 16.0 Å². The number of carbonyl (C=O) groups is 3. The minimum atomic E-state index is -5.33. The van der Waals surface area contributed by atoms with E-state index in [4.69, 9.17) is 90.0 Å². The molecule has 58 heteroatoms. The minimum absolute atomic E-state index is 0.816. The molecule has 10 heterocycles. The molecular formula is C66H112N3O54P. The summed E-state index contributed by atoms with van der Waals surface area (Å²) < 4.78 is 128. The lowest BCUT2D eigenvalue weighted by molar-refractivity contribution is -0.399. The Bertz CT molecular complexity index is 3380. The monoisotopic (exact) mass is 1840 g/mol. The molecule has 0 aliphatic carbocycles.